The summed E-state index contributed by atoms with van der Waals surface area (Å²) in [4.78, 5) is 22.9. The maximum absolute atomic E-state index is 13.7. The lowest BCUT2D eigenvalue weighted by molar-refractivity contribution is -0.138. The lowest BCUT2D eigenvalue weighted by atomic mass is 9.85. The van der Waals surface area contributed by atoms with Crippen LogP contribution in [-0.4, -0.2) is 92.0 Å². The number of likely N-dealkylation sites (tertiary alicyclic amines) is 1. The van der Waals surface area contributed by atoms with Gasteiger partial charge in [-0.1, -0.05) is 24.3 Å². The van der Waals surface area contributed by atoms with Crippen LogP contribution in [0.1, 0.15) is 36.4 Å². The molecule has 5 heteroatoms. The molecule has 150 valence electrons. The van der Waals surface area contributed by atoms with E-state index in [2.05, 4.69) is 52.8 Å². The second-order valence-electron chi connectivity index (χ2n) is 8.79. The number of nitrogens with zero attached hydrogens (tertiary/aromatic N) is 4. The van der Waals surface area contributed by atoms with Crippen molar-refractivity contribution in [2.45, 2.75) is 37.8 Å². The zero-order valence-corrected chi connectivity index (χ0v) is 17.7. The zero-order valence-electron chi connectivity index (χ0n) is 17.7. The van der Waals surface area contributed by atoms with E-state index in [1.807, 2.05) is 26.2 Å². The van der Waals surface area contributed by atoms with Gasteiger partial charge in [0.15, 0.2) is 0 Å². The van der Waals surface area contributed by atoms with E-state index in [9.17, 15) is 4.79 Å². The third kappa shape index (κ3) is 4.20. The first-order valence-electron chi connectivity index (χ1n) is 10.2. The molecule has 0 aromatic heterocycles. The molecule has 0 unspecified atom stereocenters. The summed E-state index contributed by atoms with van der Waals surface area (Å²) in [6.45, 7) is 7.12. The fourth-order valence-corrected chi connectivity index (χ4v) is 4.75. The van der Waals surface area contributed by atoms with Gasteiger partial charge in [0.2, 0.25) is 5.91 Å². The van der Waals surface area contributed by atoms with Crippen LogP contribution in [-0.2, 0) is 4.79 Å². The van der Waals surface area contributed by atoms with Gasteiger partial charge in [0.25, 0.3) is 0 Å². The van der Waals surface area contributed by atoms with E-state index < -0.39 is 0 Å². The minimum Gasteiger partial charge on any atom is -0.339 e. The maximum atomic E-state index is 13.7. The first kappa shape index (κ1) is 20.3. The van der Waals surface area contributed by atoms with E-state index in [4.69, 9.17) is 0 Å². The summed E-state index contributed by atoms with van der Waals surface area (Å²) in [5.74, 6) is 0.253. The highest BCUT2D eigenvalue weighted by Gasteiger charge is 2.42. The van der Waals surface area contributed by atoms with E-state index in [-0.39, 0.29) is 17.5 Å². The Labute approximate surface area is 164 Å². The Morgan fingerprint density at radius 2 is 1.74 bits per heavy atom. The van der Waals surface area contributed by atoms with Crippen LogP contribution in [0.5, 0.6) is 0 Å². The van der Waals surface area contributed by atoms with Crippen molar-refractivity contribution in [3.8, 4) is 0 Å². The van der Waals surface area contributed by atoms with Crippen LogP contribution in [0.4, 0.5) is 0 Å². The van der Waals surface area contributed by atoms with E-state index in [1.54, 1.807) is 0 Å². The van der Waals surface area contributed by atoms with Crippen LogP contribution in [0.2, 0.25) is 0 Å². The summed E-state index contributed by atoms with van der Waals surface area (Å²) in [5, 5.41) is 0. The largest absolute Gasteiger partial charge is 0.339 e. The number of benzene rings is 1. The Kier molecular flexibility index (Phi) is 6.24. The molecule has 5 nitrogen and oxygen atoms in total. The van der Waals surface area contributed by atoms with E-state index in [1.165, 1.54) is 5.56 Å². The van der Waals surface area contributed by atoms with Crippen molar-refractivity contribution in [3.05, 3.63) is 35.4 Å². The number of rotatable bonds is 3. The van der Waals surface area contributed by atoms with Gasteiger partial charge in [-0.3, -0.25) is 14.6 Å². The Balaban J connectivity index is 1.86. The van der Waals surface area contributed by atoms with Gasteiger partial charge in [0.05, 0.1) is 0 Å². The highest BCUT2D eigenvalue weighted by Crippen LogP contribution is 2.33. The molecule has 27 heavy (non-hydrogen) atoms. The smallest absolute Gasteiger partial charge is 0.244 e. The minimum atomic E-state index is -0.210. The monoisotopic (exact) mass is 372 g/mol. The Hall–Kier alpha value is -1.43. The quantitative estimate of drug-likeness (QED) is 0.814. The van der Waals surface area contributed by atoms with Gasteiger partial charge in [-0.15, -0.1) is 0 Å². The van der Waals surface area contributed by atoms with E-state index >= 15 is 0 Å². The number of carbonyl (C=O) groups is 1. The SMILES string of the molecule is Cc1ccccc1[C@H](C(=O)N1CCCN(C)C2(CCN(C)CC2)C1)N(C)C. The molecule has 0 bridgehead atoms. The van der Waals surface area contributed by atoms with Crippen molar-refractivity contribution in [1.29, 1.82) is 0 Å². The minimum absolute atomic E-state index is 0.126. The van der Waals surface area contributed by atoms with Crippen LogP contribution in [0.3, 0.4) is 0 Å². The van der Waals surface area contributed by atoms with Crippen molar-refractivity contribution < 1.29 is 4.79 Å². The van der Waals surface area contributed by atoms with Crippen molar-refractivity contribution in [2.75, 3.05) is 60.9 Å². The Morgan fingerprint density at radius 3 is 2.37 bits per heavy atom. The molecule has 0 aliphatic carbocycles. The normalized spacial score (nSPS) is 22.8. The lowest BCUT2D eigenvalue weighted by Crippen LogP contribution is -2.58. The maximum Gasteiger partial charge on any atom is 0.244 e. The van der Waals surface area contributed by atoms with Gasteiger partial charge < -0.3 is 9.80 Å². The Morgan fingerprint density at radius 1 is 1.07 bits per heavy atom. The van der Waals surface area contributed by atoms with E-state index in [0.717, 1.165) is 57.5 Å². The molecule has 0 N–H and O–H groups in total. The van der Waals surface area contributed by atoms with Gasteiger partial charge in [0, 0.05) is 25.2 Å². The topological polar surface area (TPSA) is 30.0 Å². The summed E-state index contributed by atoms with van der Waals surface area (Å²) in [5.41, 5.74) is 2.44. The van der Waals surface area contributed by atoms with Crippen LogP contribution in [0.25, 0.3) is 0 Å². The first-order chi connectivity index (χ1) is 12.8. The molecule has 1 atom stereocenters. The fraction of sp³-hybridized carbons (Fsp3) is 0.682. The lowest BCUT2D eigenvalue weighted by Gasteiger charge is -2.47. The molecule has 2 heterocycles. The van der Waals surface area contributed by atoms with Gasteiger partial charge in [-0.05, 0) is 78.6 Å². The summed E-state index contributed by atoms with van der Waals surface area (Å²) >= 11 is 0. The molecule has 1 aromatic rings. The molecule has 1 spiro atoms. The molecule has 1 aromatic carbocycles. The van der Waals surface area contributed by atoms with Crippen LogP contribution in [0.15, 0.2) is 24.3 Å². The van der Waals surface area contributed by atoms with Gasteiger partial charge in [-0.2, -0.15) is 0 Å². The molecule has 1 amide bonds. The second kappa shape index (κ2) is 8.29. The average Bonchev–Trinajstić information content (AvgIpc) is 2.79. The number of aryl methyl sites for hydroxylation is 1. The van der Waals surface area contributed by atoms with Crippen LogP contribution >= 0.6 is 0 Å². The second-order valence-corrected chi connectivity index (χ2v) is 8.79. The van der Waals surface area contributed by atoms with Crippen LogP contribution in [0, 0.1) is 6.92 Å². The summed E-state index contributed by atoms with van der Waals surface area (Å²) in [7, 11) is 8.49. The number of hydrogen-bond acceptors (Lipinski definition) is 4. The van der Waals surface area contributed by atoms with Crippen LogP contribution < -0.4 is 0 Å². The average molecular weight is 373 g/mol. The number of piperidine rings is 1. The Bertz CT molecular complexity index is 651. The number of amides is 1. The summed E-state index contributed by atoms with van der Waals surface area (Å²) < 4.78 is 0. The molecular weight excluding hydrogens is 336 g/mol. The first-order valence-corrected chi connectivity index (χ1v) is 10.2. The van der Waals surface area contributed by atoms with Crippen molar-refractivity contribution in [3.63, 3.8) is 0 Å². The number of likely N-dealkylation sites (N-methyl/N-ethyl adjacent to an activating group) is 2. The highest BCUT2D eigenvalue weighted by molar-refractivity contribution is 5.84. The zero-order chi connectivity index (χ0) is 19.6. The highest BCUT2D eigenvalue weighted by atomic mass is 16.2. The summed E-state index contributed by atoms with van der Waals surface area (Å²) in [6, 6.07) is 8.09. The molecule has 2 aliphatic rings. The number of hydrogen-bond donors (Lipinski definition) is 0. The molecule has 3 rings (SSSR count). The van der Waals surface area contributed by atoms with E-state index in [0.29, 0.717) is 0 Å². The molecule has 2 saturated heterocycles. The predicted molar refractivity (Wildman–Crippen MR) is 111 cm³/mol. The third-order valence-corrected chi connectivity index (χ3v) is 6.68. The summed E-state index contributed by atoms with van der Waals surface area (Å²) in [6.07, 6.45) is 3.33. The third-order valence-electron chi connectivity index (χ3n) is 6.68. The van der Waals surface area contributed by atoms with Gasteiger partial charge in [-0.25, -0.2) is 0 Å². The van der Waals surface area contributed by atoms with Crippen molar-refractivity contribution >= 4 is 5.91 Å². The van der Waals surface area contributed by atoms with Gasteiger partial charge >= 0.3 is 0 Å². The molecule has 0 radical (unpaired) electrons. The van der Waals surface area contributed by atoms with Crippen molar-refractivity contribution in [2.24, 2.45) is 0 Å². The standard InChI is InChI=1S/C22H36N4O/c1-18-9-6-7-10-19(18)20(23(2)3)21(27)26-14-8-13-25(5)22(17-26)11-15-24(4)16-12-22/h6-7,9-10,20H,8,11-17H2,1-5H3/t20-/m1/s1. The molecule has 0 saturated carbocycles. The molecular formula is C22H36N4O. The van der Waals surface area contributed by atoms with Gasteiger partial charge in [0.1, 0.15) is 6.04 Å². The predicted octanol–water partition coefficient (Wildman–Crippen LogP) is 2.23. The molecule has 2 aliphatic heterocycles. The van der Waals surface area contributed by atoms with Crippen molar-refractivity contribution in [1.82, 2.24) is 19.6 Å². The fourth-order valence-electron chi connectivity index (χ4n) is 4.75. The molecule has 2 fully saturated rings. The number of carbonyl (C=O) groups excluding carboxylic acids is 1.